The summed E-state index contributed by atoms with van der Waals surface area (Å²) in [6.45, 7) is -0.198. The molecule has 0 aliphatic heterocycles. The number of thioether (sulfide) groups is 1. The monoisotopic (exact) mass is 366 g/mol. The first kappa shape index (κ1) is 18.9. The zero-order valence-corrected chi connectivity index (χ0v) is 14.1. The topological polar surface area (TPSA) is 78.4 Å². The van der Waals surface area contributed by atoms with Gasteiger partial charge in [0.25, 0.3) is 0 Å². The normalized spacial score (nSPS) is 11.7. The average Bonchev–Trinajstić information content (AvgIpc) is 2.62. The van der Waals surface area contributed by atoms with Gasteiger partial charge in [0.2, 0.25) is 0 Å². The van der Waals surface area contributed by atoms with Gasteiger partial charge in [-0.3, -0.25) is 9.59 Å². The van der Waals surface area contributed by atoms with E-state index >= 15 is 0 Å². The molecule has 3 N–H and O–H groups in total. The van der Waals surface area contributed by atoms with Crippen LogP contribution in [0.4, 0.5) is 14.5 Å². The molecule has 0 radical (unpaired) electrons. The Kier molecular flexibility index (Phi) is 6.49. The molecule has 0 fully saturated rings. The molecule has 1 atom stereocenters. The second kappa shape index (κ2) is 8.59. The first-order valence-electron chi connectivity index (χ1n) is 7.27. The van der Waals surface area contributed by atoms with E-state index < -0.39 is 35.2 Å². The van der Waals surface area contributed by atoms with Crippen LogP contribution in [0.15, 0.2) is 47.4 Å². The van der Waals surface area contributed by atoms with Crippen molar-refractivity contribution >= 4 is 29.3 Å². The SMILES string of the molecule is CSc1ccc(C(O)CNC(=O)C(=O)Nc2cc(F)ccc2F)cc1. The van der Waals surface area contributed by atoms with E-state index in [0.717, 1.165) is 23.1 Å². The summed E-state index contributed by atoms with van der Waals surface area (Å²) in [5.74, 6) is -3.84. The van der Waals surface area contributed by atoms with Crippen LogP contribution in [0.1, 0.15) is 11.7 Å². The summed E-state index contributed by atoms with van der Waals surface area (Å²) >= 11 is 1.55. The van der Waals surface area contributed by atoms with Gasteiger partial charge in [-0.05, 0) is 36.1 Å². The molecular formula is C17H16F2N2O3S. The van der Waals surface area contributed by atoms with E-state index in [4.69, 9.17) is 0 Å². The molecule has 0 aliphatic carbocycles. The van der Waals surface area contributed by atoms with Crippen molar-refractivity contribution in [3.63, 3.8) is 0 Å². The maximum Gasteiger partial charge on any atom is 0.313 e. The van der Waals surface area contributed by atoms with Crippen LogP contribution in [-0.2, 0) is 9.59 Å². The number of hydrogen-bond donors (Lipinski definition) is 3. The van der Waals surface area contributed by atoms with E-state index in [1.54, 1.807) is 23.9 Å². The van der Waals surface area contributed by atoms with E-state index in [-0.39, 0.29) is 6.54 Å². The van der Waals surface area contributed by atoms with Crippen LogP contribution in [0.2, 0.25) is 0 Å². The molecule has 0 saturated carbocycles. The fourth-order valence-electron chi connectivity index (χ4n) is 1.99. The highest BCUT2D eigenvalue weighted by Gasteiger charge is 2.17. The minimum atomic E-state index is -1.16. The fraction of sp³-hybridized carbons (Fsp3) is 0.176. The molecule has 132 valence electrons. The summed E-state index contributed by atoms with van der Waals surface area (Å²) in [7, 11) is 0. The lowest BCUT2D eigenvalue weighted by molar-refractivity contribution is -0.136. The second-order valence-corrected chi connectivity index (χ2v) is 5.96. The number of halogens is 2. The zero-order chi connectivity index (χ0) is 18.4. The summed E-state index contributed by atoms with van der Waals surface area (Å²) < 4.78 is 26.5. The highest BCUT2D eigenvalue weighted by atomic mass is 32.2. The molecule has 0 saturated heterocycles. The van der Waals surface area contributed by atoms with Gasteiger partial charge in [0, 0.05) is 17.5 Å². The molecule has 2 amide bonds. The van der Waals surface area contributed by atoms with Gasteiger partial charge in [-0.1, -0.05) is 12.1 Å². The molecule has 25 heavy (non-hydrogen) atoms. The van der Waals surface area contributed by atoms with Crippen molar-refractivity contribution < 1.29 is 23.5 Å². The molecular weight excluding hydrogens is 350 g/mol. The number of benzene rings is 2. The average molecular weight is 366 g/mol. The molecule has 5 nitrogen and oxygen atoms in total. The van der Waals surface area contributed by atoms with Crippen LogP contribution >= 0.6 is 11.8 Å². The van der Waals surface area contributed by atoms with E-state index in [0.29, 0.717) is 5.56 Å². The molecule has 0 heterocycles. The zero-order valence-electron chi connectivity index (χ0n) is 13.3. The van der Waals surface area contributed by atoms with Gasteiger partial charge in [-0.15, -0.1) is 11.8 Å². The summed E-state index contributed by atoms with van der Waals surface area (Å²) in [4.78, 5) is 24.5. The Balaban J connectivity index is 1.90. The summed E-state index contributed by atoms with van der Waals surface area (Å²) in [5, 5.41) is 14.2. The maximum atomic E-state index is 13.4. The van der Waals surface area contributed by atoms with Crippen LogP contribution < -0.4 is 10.6 Å². The predicted molar refractivity (Wildman–Crippen MR) is 91.2 cm³/mol. The Morgan fingerprint density at radius 1 is 1.12 bits per heavy atom. The number of aliphatic hydroxyl groups is 1. The number of anilines is 1. The van der Waals surface area contributed by atoms with E-state index in [2.05, 4.69) is 5.32 Å². The Hall–Kier alpha value is -2.45. The highest BCUT2D eigenvalue weighted by Crippen LogP contribution is 2.19. The maximum absolute atomic E-state index is 13.4. The van der Waals surface area contributed by atoms with Crippen LogP contribution in [-0.4, -0.2) is 29.7 Å². The van der Waals surface area contributed by atoms with Gasteiger partial charge >= 0.3 is 11.8 Å². The Morgan fingerprint density at radius 2 is 1.80 bits per heavy atom. The van der Waals surface area contributed by atoms with Crippen molar-refractivity contribution in [2.75, 3.05) is 18.1 Å². The summed E-state index contributed by atoms with van der Waals surface area (Å²) in [6, 6.07) is 9.57. The van der Waals surface area contributed by atoms with Crippen molar-refractivity contribution in [3.05, 3.63) is 59.7 Å². The van der Waals surface area contributed by atoms with Crippen LogP contribution in [0.3, 0.4) is 0 Å². The number of nitrogens with one attached hydrogen (secondary N) is 2. The molecule has 2 rings (SSSR count). The highest BCUT2D eigenvalue weighted by molar-refractivity contribution is 7.98. The summed E-state index contributed by atoms with van der Waals surface area (Å²) in [5.41, 5.74) is 0.142. The van der Waals surface area contributed by atoms with E-state index in [1.807, 2.05) is 23.7 Å². The minimum Gasteiger partial charge on any atom is -0.387 e. The van der Waals surface area contributed by atoms with Crippen LogP contribution in [0, 0.1) is 11.6 Å². The van der Waals surface area contributed by atoms with Gasteiger partial charge in [-0.2, -0.15) is 0 Å². The third-order valence-electron chi connectivity index (χ3n) is 3.34. The van der Waals surface area contributed by atoms with E-state index in [9.17, 15) is 23.5 Å². The number of rotatable bonds is 5. The Bertz CT molecular complexity index is 769. The van der Waals surface area contributed by atoms with Gasteiger partial charge in [0.1, 0.15) is 11.6 Å². The Labute approximate surface area is 147 Å². The number of carbonyl (C=O) groups is 2. The van der Waals surface area contributed by atoms with Crippen molar-refractivity contribution in [3.8, 4) is 0 Å². The van der Waals surface area contributed by atoms with Crippen molar-refractivity contribution in [2.24, 2.45) is 0 Å². The molecule has 0 spiro atoms. The van der Waals surface area contributed by atoms with Crippen molar-refractivity contribution in [2.45, 2.75) is 11.0 Å². The number of amides is 2. The minimum absolute atomic E-state index is 0.198. The fourth-order valence-corrected chi connectivity index (χ4v) is 2.39. The second-order valence-electron chi connectivity index (χ2n) is 5.08. The predicted octanol–water partition coefficient (Wildman–Crippen LogP) is 2.48. The third-order valence-corrected chi connectivity index (χ3v) is 4.08. The summed E-state index contributed by atoms with van der Waals surface area (Å²) in [6.07, 6.45) is 0.921. The van der Waals surface area contributed by atoms with Gasteiger partial charge in [0.05, 0.1) is 11.8 Å². The first-order valence-corrected chi connectivity index (χ1v) is 8.49. The number of hydrogen-bond acceptors (Lipinski definition) is 4. The first-order chi connectivity index (χ1) is 11.9. The largest absolute Gasteiger partial charge is 0.387 e. The molecule has 0 bridgehead atoms. The van der Waals surface area contributed by atoms with Crippen LogP contribution in [0.5, 0.6) is 0 Å². The number of carbonyl (C=O) groups excluding carboxylic acids is 2. The molecule has 2 aromatic carbocycles. The lowest BCUT2D eigenvalue weighted by Crippen LogP contribution is -2.37. The lowest BCUT2D eigenvalue weighted by atomic mass is 10.1. The lowest BCUT2D eigenvalue weighted by Gasteiger charge is -2.13. The molecule has 1 unspecified atom stereocenters. The van der Waals surface area contributed by atoms with Gasteiger partial charge in [0.15, 0.2) is 0 Å². The van der Waals surface area contributed by atoms with Gasteiger partial charge in [-0.25, -0.2) is 8.78 Å². The molecule has 8 heteroatoms. The van der Waals surface area contributed by atoms with Crippen LogP contribution in [0.25, 0.3) is 0 Å². The molecule has 0 aromatic heterocycles. The molecule has 0 aliphatic rings. The third kappa shape index (κ3) is 5.27. The van der Waals surface area contributed by atoms with Crippen molar-refractivity contribution in [1.82, 2.24) is 5.32 Å². The van der Waals surface area contributed by atoms with Gasteiger partial charge < -0.3 is 15.7 Å². The smallest absolute Gasteiger partial charge is 0.313 e. The standard InChI is InChI=1S/C17H16F2N2O3S/c1-25-12-5-2-10(3-6-12)15(22)9-20-16(23)17(24)21-14-8-11(18)4-7-13(14)19/h2-8,15,22H,9H2,1H3,(H,20,23)(H,21,24). The Morgan fingerprint density at radius 3 is 2.44 bits per heavy atom. The number of aliphatic hydroxyl groups excluding tert-OH is 1. The molecule has 2 aromatic rings. The quantitative estimate of drug-likeness (QED) is 0.561. The van der Waals surface area contributed by atoms with Crippen molar-refractivity contribution in [1.29, 1.82) is 0 Å². The van der Waals surface area contributed by atoms with E-state index in [1.165, 1.54) is 0 Å².